The molecular formula is C9H16O3. The van der Waals surface area contributed by atoms with E-state index >= 15 is 0 Å². The maximum Gasteiger partial charge on any atom is 0.306 e. The molecule has 0 heterocycles. The molecular weight excluding hydrogens is 156 g/mol. The van der Waals surface area contributed by atoms with E-state index in [2.05, 4.69) is 0 Å². The molecule has 0 aromatic carbocycles. The van der Waals surface area contributed by atoms with Crippen molar-refractivity contribution in [3.8, 4) is 0 Å². The number of hydrogen-bond donors (Lipinski definition) is 0. The lowest BCUT2D eigenvalue weighted by Gasteiger charge is -2.25. The zero-order valence-electron chi connectivity index (χ0n) is 7.92. The molecule has 0 saturated heterocycles. The van der Waals surface area contributed by atoms with Crippen LogP contribution in [0.5, 0.6) is 0 Å². The van der Waals surface area contributed by atoms with Crippen molar-refractivity contribution in [3.63, 3.8) is 0 Å². The molecule has 0 amide bonds. The second kappa shape index (κ2) is 4.91. The van der Waals surface area contributed by atoms with Gasteiger partial charge in [-0.3, -0.25) is 4.79 Å². The van der Waals surface area contributed by atoms with Crippen molar-refractivity contribution in [1.82, 2.24) is 0 Å². The van der Waals surface area contributed by atoms with Crippen LogP contribution in [-0.4, -0.2) is 17.9 Å². The average molecular weight is 172 g/mol. The first-order valence-electron chi connectivity index (χ1n) is 4.23. The minimum absolute atomic E-state index is 0.249. The zero-order chi connectivity index (χ0) is 9.61. The Morgan fingerprint density at radius 3 is 2.42 bits per heavy atom. The van der Waals surface area contributed by atoms with Crippen molar-refractivity contribution in [2.45, 2.75) is 45.6 Å². The van der Waals surface area contributed by atoms with E-state index in [1.165, 1.54) is 0 Å². The van der Waals surface area contributed by atoms with E-state index in [1.807, 2.05) is 6.92 Å². The smallest absolute Gasteiger partial charge is 0.306 e. The average Bonchev–Trinajstić information content (AvgIpc) is 2.05. The van der Waals surface area contributed by atoms with Gasteiger partial charge >= 0.3 is 5.97 Å². The minimum atomic E-state index is -0.602. The van der Waals surface area contributed by atoms with E-state index in [0.717, 1.165) is 6.29 Å². The van der Waals surface area contributed by atoms with Crippen LogP contribution in [0.2, 0.25) is 0 Å². The van der Waals surface area contributed by atoms with Crippen LogP contribution in [0.1, 0.15) is 40.0 Å². The number of carbonyl (C=O) groups is 2. The van der Waals surface area contributed by atoms with Gasteiger partial charge in [0.05, 0.1) is 0 Å². The highest BCUT2D eigenvalue weighted by Gasteiger charge is 2.25. The Hall–Kier alpha value is -0.860. The predicted molar refractivity (Wildman–Crippen MR) is 45.8 cm³/mol. The van der Waals surface area contributed by atoms with Gasteiger partial charge in [-0.25, -0.2) is 0 Å². The third-order valence-corrected chi connectivity index (χ3v) is 1.91. The number of carbonyl (C=O) groups excluding carboxylic acids is 2. The molecule has 0 aromatic heterocycles. The predicted octanol–water partition coefficient (Wildman–Crippen LogP) is 1.70. The van der Waals surface area contributed by atoms with Crippen molar-refractivity contribution in [2.75, 3.05) is 0 Å². The molecule has 1 unspecified atom stereocenters. The summed E-state index contributed by atoms with van der Waals surface area (Å²) in [5.74, 6) is -0.249. The summed E-state index contributed by atoms with van der Waals surface area (Å²) in [6, 6.07) is 0. The summed E-state index contributed by atoms with van der Waals surface area (Å²) in [7, 11) is 0. The molecule has 0 spiro atoms. The van der Waals surface area contributed by atoms with E-state index in [1.54, 1.807) is 13.8 Å². The Bertz CT molecular complexity index is 165. The summed E-state index contributed by atoms with van der Waals surface area (Å²) in [6.07, 6.45) is 2.08. The molecule has 12 heavy (non-hydrogen) atoms. The van der Waals surface area contributed by atoms with Crippen molar-refractivity contribution in [2.24, 2.45) is 0 Å². The second-order valence-corrected chi connectivity index (χ2v) is 3.00. The summed E-state index contributed by atoms with van der Waals surface area (Å²) < 4.78 is 5.11. The first-order chi connectivity index (χ1) is 5.58. The lowest BCUT2D eigenvalue weighted by atomic mass is 10.00. The Balaban J connectivity index is 4.12. The van der Waals surface area contributed by atoms with Gasteiger partial charge in [-0.15, -0.1) is 0 Å². The summed E-state index contributed by atoms with van der Waals surface area (Å²) >= 11 is 0. The van der Waals surface area contributed by atoms with E-state index in [-0.39, 0.29) is 12.4 Å². The number of ether oxygens (including phenoxy) is 1. The highest BCUT2D eigenvalue weighted by Crippen LogP contribution is 2.18. The molecule has 0 aliphatic rings. The topological polar surface area (TPSA) is 43.4 Å². The van der Waals surface area contributed by atoms with Gasteiger partial charge in [0.1, 0.15) is 11.9 Å². The maximum absolute atomic E-state index is 10.9. The fraction of sp³-hybridized carbons (Fsp3) is 0.778. The molecule has 0 N–H and O–H groups in total. The van der Waals surface area contributed by atoms with E-state index in [9.17, 15) is 9.59 Å². The molecule has 0 fully saturated rings. The van der Waals surface area contributed by atoms with Crippen LogP contribution in [0.3, 0.4) is 0 Å². The first kappa shape index (κ1) is 11.1. The van der Waals surface area contributed by atoms with Crippen LogP contribution in [0.15, 0.2) is 0 Å². The van der Waals surface area contributed by atoms with Gasteiger partial charge in [-0.2, -0.15) is 0 Å². The van der Waals surface area contributed by atoms with Crippen LogP contribution >= 0.6 is 0 Å². The van der Waals surface area contributed by atoms with Crippen LogP contribution in [-0.2, 0) is 14.3 Å². The van der Waals surface area contributed by atoms with Crippen LogP contribution < -0.4 is 0 Å². The van der Waals surface area contributed by atoms with Gasteiger partial charge in [0.25, 0.3) is 0 Å². The fourth-order valence-electron chi connectivity index (χ4n) is 0.781. The number of rotatable bonds is 5. The highest BCUT2D eigenvalue weighted by atomic mass is 16.6. The van der Waals surface area contributed by atoms with Crippen molar-refractivity contribution >= 4 is 12.3 Å². The van der Waals surface area contributed by atoms with Gasteiger partial charge in [0.2, 0.25) is 0 Å². The van der Waals surface area contributed by atoms with Gasteiger partial charge in [0, 0.05) is 12.8 Å². The molecule has 70 valence electrons. The van der Waals surface area contributed by atoms with Crippen molar-refractivity contribution < 1.29 is 14.3 Å². The number of hydrogen-bond acceptors (Lipinski definition) is 3. The number of esters is 1. The summed E-state index contributed by atoms with van der Waals surface area (Å²) in [4.78, 5) is 21.2. The zero-order valence-corrected chi connectivity index (χ0v) is 7.92. The minimum Gasteiger partial charge on any atom is -0.459 e. The molecule has 0 aliphatic heterocycles. The monoisotopic (exact) mass is 172 g/mol. The van der Waals surface area contributed by atoms with Crippen molar-refractivity contribution in [1.29, 1.82) is 0 Å². The lowest BCUT2D eigenvalue weighted by Crippen LogP contribution is -2.31. The molecule has 0 rings (SSSR count). The van der Waals surface area contributed by atoms with Crippen LogP contribution in [0.4, 0.5) is 0 Å². The van der Waals surface area contributed by atoms with Crippen LogP contribution in [0, 0.1) is 0 Å². The van der Waals surface area contributed by atoms with Gasteiger partial charge < -0.3 is 9.53 Å². The normalized spacial score (nSPS) is 14.9. The quantitative estimate of drug-likeness (QED) is 0.468. The summed E-state index contributed by atoms with van der Waals surface area (Å²) in [5.41, 5.74) is -0.602. The second-order valence-electron chi connectivity index (χ2n) is 3.00. The van der Waals surface area contributed by atoms with E-state index in [0.29, 0.717) is 12.8 Å². The summed E-state index contributed by atoms with van der Waals surface area (Å²) in [6.45, 7) is 5.40. The van der Waals surface area contributed by atoms with Gasteiger partial charge in [0.15, 0.2) is 0 Å². The molecule has 0 radical (unpaired) electrons. The lowest BCUT2D eigenvalue weighted by molar-refractivity contribution is -0.158. The summed E-state index contributed by atoms with van der Waals surface area (Å²) in [5, 5.41) is 0. The van der Waals surface area contributed by atoms with E-state index < -0.39 is 5.60 Å². The first-order valence-corrected chi connectivity index (χ1v) is 4.23. The molecule has 0 saturated carbocycles. The van der Waals surface area contributed by atoms with Gasteiger partial charge in [-0.05, 0) is 13.3 Å². The van der Waals surface area contributed by atoms with Crippen LogP contribution in [0.25, 0.3) is 0 Å². The third-order valence-electron chi connectivity index (χ3n) is 1.91. The standard InChI is InChI=1S/C9H16O3/c1-4-8(11)12-9(3,5-2)6-7-10/h7H,4-6H2,1-3H3. The molecule has 3 heteroatoms. The Kier molecular flexibility index (Phi) is 4.55. The largest absolute Gasteiger partial charge is 0.459 e. The highest BCUT2D eigenvalue weighted by molar-refractivity contribution is 5.69. The third kappa shape index (κ3) is 3.51. The molecule has 0 aliphatic carbocycles. The van der Waals surface area contributed by atoms with Gasteiger partial charge in [-0.1, -0.05) is 13.8 Å². The Labute approximate surface area is 73.1 Å². The maximum atomic E-state index is 10.9. The Morgan fingerprint density at radius 2 is 2.08 bits per heavy atom. The SMILES string of the molecule is CCC(=O)OC(C)(CC)CC=O. The molecule has 0 bridgehead atoms. The van der Waals surface area contributed by atoms with E-state index in [4.69, 9.17) is 4.74 Å². The Morgan fingerprint density at radius 1 is 1.50 bits per heavy atom. The molecule has 1 atom stereocenters. The molecule has 0 aromatic rings. The number of aldehydes is 1. The molecule has 3 nitrogen and oxygen atoms in total. The van der Waals surface area contributed by atoms with Crippen molar-refractivity contribution in [3.05, 3.63) is 0 Å². The fourth-order valence-corrected chi connectivity index (χ4v) is 0.781.